The van der Waals surface area contributed by atoms with E-state index in [0.717, 1.165) is 28.9 Å². The predicted molar refractivity (Wildman–Crippen MR) is 123 cm³/mol. The zero-order valence-electron chi connectivity index (χ0n) is 17.4. The normalized spacial score (nSPS) is 15.2. The number of hydrazone groups is 1. The maximum absolute atomic E-state index is 13.1. The second-order valence-corrected chi connectivity index (χ2v) is 7.70. The maximum atomic E-state index is 13.1. The first-order valence-corrected chi connectivity index (χ1v) is 10.4. The first-order valence-electron chi connectivity index (χ1n) is 10.0. The van der Waals surface area contributed by atoms with Crippen LogP contribution in [0.1, 0.15) is 33.9 Å². The van der Waals surface area contributed by atoms with E-state index in [1.54, 1.807) is 43.5 Å². The second kappa shape index (κ2) is 9.66. The number of aldehydes is 1. The van der Waals surface area contributed by atoms with Gasteiger partial charge in [-0.3, -0.25) is 9.59 Å². The van der Waals surface area contributed by atoms with Crippen molar-refractivity contribution in [3.63, 3.8) is 0 Å². The summed E-state index contributed by atoms with van der Waals surface area (Å²) in [4.78, 5) is 24.1. The van der Waals surface area contributed by atoms with Crippen LogP contribution in [0.4, 0.5) is 0 Å². The van der Waals surface area contributed by atoms with Crippen LogP contribution in [0.5, 0.6) is 11.5 Å². The summed E-state index contributed by atoms with van der Waals surface area (Å²) in [7, 11) is 1.61. The highest BCUT2D eigenvalue weighted by molar-refractivity contribution is 6.30. The van der Waals surface area contributed by atoms with E-state index in [1.165, 1.54) is 5.01 Å². The molecule has 0 radical (unpaired) electrons. The number of hydrogen-bond donors (Lipinski definition) is 0. The van der Waals surface area contributed by atoms with Gasteiger partial charge in [-0.25, -0.2) is 5.01 Å². The highest BCUT2D eigenvalue weighted by Crippen LogP contribution is 2.33. The number of methoxy groups -OCH3 is 1. The summed E-state index contributed by atoms with van der Waals surface area (Å²) in [5.74, 6) is 0.912. The molecule has 0 bridgehead atoms. The number of benzene rings is 3. The minimum absolute atomic E-state index is 0.203. The molecule has 3 aromatic carbocycles. The fourth-order valence-electron chi connectivity index (χ4n) is 3.53. The molecule has 1 atom stereocenters. The average Bonchev–Trinajstić information content (AvgIpc) is 3.29. The largest absolute Gasteiger partial charge is 0.497 e. The van der Waals surface area contributed by atoms with Gasteiger partial charge < -0.3 is 9.47 Å². The van der Waals surface area contributed by atoms with Crippen molar-refractivity contribution in [3.8, 4) is 11.5 Å². The molecule has 0 saturated heterocycles. The summed E-state index contributed by atoms with van der Waals surface area (Å²) in [6.45, 7) is -0.203. The van der Waals surface area contributed by atoms with Crippen molar-refractivity contribution >= 4 is 29.5 Å². The van der Waals surface area contributed by atoms with Gasteiger partial charge in [-0.05, 0) is 59.7 Å². The molecule has 4 rings (SSSR count). The average molecular weight is 449 g/mol. The van der Waals surface area contributed by atoms with E-state index >= 15 is 0 Å². The topological polar surface area (TPSA) is 68.2 Å². The number of amides is 1. The van der Waals surface area contributed by atoms with Crippen LogP contribution in [0.15, 0.2) is 77.9 Å². The molecule has 0 aromatic heterocycles. The number of halogens is 1. The molecule has 3 aromatic rings. The third-order valence-electron chi connectivity index (χ3n) is 5.20. The summed E-state index contributed by atoms with van der Waals surface area (Å²) in [6.07, 6.45) is 1.29. The van der Waals surface area contributed by atoms with Crippen molar-refractivity contribution in [2.24, 2.45) is 5.10 Å². The molecule has 1 aliphatic rings. The smallest absolute Gasteiger partial charge is 0.281 e. The highest BCUT2D eigenvalue weighted by Gasteiger charge is 2.33. The molecule has 0 saturated carbocycles. The Morgan fingerprint density at radius 2 is 1.84 bits per heavy atom. The molecule has 1 aliphatic heterocycles. The quantitative estimate of drug-likeness (QED) is 0.481. The number of hydrogen-bond acceptors (Lipinski definition) is 5. The van der Waals surface area contributed by atoms with Gasteiger partial charge in [-0.1, -0.05) is 35.9 Å². The molecule has 1 amide bonds. The Bertz CT molecular complexity index is 1140. The van der Waals surface area contributed by atoms with Gasteiger partial charge in [0, 0.05) is 17.0 Å². The first kappa shape index (κ1) is 21.6. The Balaban J connectivity index is 1.57. The summed E-state index contributed by atoms with van der Waals surface area (Å²) in [5, 5.41) is 6.72. The zero-order chi connectivity index (χ0) is 22.5. The molecule has 0 N–H and O–H groups in total. The Morgan fingerprint density at radius 3 is 2.53 bits per heavy atom. The predicted octanol–water partition coefficient (Wildman–Crippen LogP) is 4.92. The lowest BCUT2D eigenvalue weighted by Gasteiger charge is -2.22. The van der Waals surface area contributed by atoms with Crippen LogP contribution >= 0.6 is 11.6 Å². The van der Waals surface area contributed by atoms with E-state index < -0.39 is 0 Å². The van der Waals surface area contributed by atoms with E-state index in [-0.39, 0.29) is 18.6 Å². The van der Waals surface area contributed by atoms with Crippen LogP contribution in [-0.4, -0.2) is 36.6 Å². The number of nitrogens with zero attached hydrogens (tertiary/aromatic N) is 2. The Hall–Kier alpha value is -3.64. The number of ether oxygens (including phenoxy) is 2. The monoisotopic (exact) mass is 448 g/mol. The molecule has 7 heteroatoms. The van der Waals surface area contributed by atoms with Crippen molar-refractivity contribution in [1.29, 1.82) is 0 Å². The minimum Gasteiger partial charge on any atom is -0.497 e. The summed E-state index contributed by atoms with van der Waals surface area (Å²) in [6, 6.07) is 21.4. The first-order chi connectivity index (χ1) is 15.6. The molecule has 6 nitrogen and oxygen atoms in total. The molecule has 0 aliphatic carbocycles. The lowest BCUT2D eigenvalue weighted by atomic mass is 9.98. The number of carbonyl (C=O) groups is 2. The third-order valence-corrected chi connectivity index (χ3v) is 5.45. The maximum Gasteiger partial charge on any atom is 0.281 e. The van der Waals surface area contributed by atoms with Crippen molar-refractivity contribution < 1.29 is 19.1 Å². The zero-order valence-corrected chi connectivity index (χ0v) is 18.2. The van der Waals surface area contributed by atoms with Crippen LogP contribution in [0, 0.1) is 0 Å². The minimum atomic E-state index is -0.287. The van der Waals surface area contributed by atoms with Gasteiger partial charge in [0.15, 0.2) is 6.61 Å². The van der Waals surface area contributed by atoms with E-state index in [0.29, 0.717) is 22.8 Å². The Kier molecular flexibility index (Phi) is 6.52. The molecular weight excluding hydrogens is 428 g/mol. The third kappa shape index (κ3) is 4.81. The van der Waals surface area contributed by atoms with E-state index in [1.807, 2.05) is 36.4 Å². The standard InChI is InChI=1S/C25H21ClN2O4/c1-31-21-11-7-18(8-12-21)23-14-24(19-5-9-20(26)10-6-19)28(27-23)25(30)16-32-22-4-2-3-17(13-22)15-29/h2-13,15,24H,14,16H2,1H3. The summed E-state index contributed by atoms with van der Waals surface area (Å²) in [5.41, 5.74) is 3.12. The number of rotatable bonds is 7. The summed E-state index contributed by atoms with van der Waals surface area (Å²) >= 11 is 6.05. The van der Waals surface area contributed by atoms with Gasteiger partial charge in [-0.2, -0.15) is 5.10 Å². The molecule has 1 heterocycles. The van der Waals surface area contributed by atoms with Crippen molar-refractivity contribution in [2.75, 3.05) is 13.7 Å². The molecule has 1 unspecified atom stereocenters. The molecule has 32 heavy (non-hydrogen) atoms. The van der Waals surface area contributed by atoms with Crippen LogP contribution in [0.25, 0.3) is 0 Å². The fraction of sp³-hybridized carbons (Fsp3) is 0.160. The molecule has 0 fully saturated rings. The lowest BCUT2D eigenvalue weighted by Crippen LogP contribution is -2.31. The van der Waals surface area contributed by atoms with Crippen LogP contribution < -0.4 is 9.47 Å². The van der Waals surface area contributed by atoms with E-state index in [4.69, 9.17) is 21.1 Å². The van der Waals surface area contributed by atoms with Crippen molar-refractivity contribution in [2.45, 2.75) is 12.5 Å². The lowest BCUT2D eigenvalue weighted by molar-refractivity contribution is -0.135. The van der Waals surface area contributed by atoms with Gasteiger partial charge in [0.1, 0.15) is 17.8 Å². The molecular formula is C25H21ClN2O4. The van der Waals surface area contributed by atoms with Crippen molar-refractivity contribution in [3.05, 3.63) is 94.5 Å². The van der Waals surface area contributed by atoms with Gasteiger partial charge in [0.05, 0.1) is 18.9 Å². The number of carbonyl (C=O) groups excluding carboxylic acids is 2. The Labute approximate surface area is 191 Å². The van der Waals surface area contributed by atoms with Crippen LogP contribution in [0.3, 0.4) is 0 Å². The molecule has 162 valence electrons. The molecule has 0 spiro atoms. The van der Waals surface area contributed by atoms with Gasteiger partial charge in [0.2, 0.25) is 0 Å². The fourth-order valence-corrected chi connectivity index (χ4v) is 3.66. The van der Waals surface area contributed by atoms with Gasteiger partial charge in [0.25, 0.3) is 5.91 Å². The highest BCUT2D eigenvalue weighted by atomic mass is 35.5. The van der Waals surface area contributed by atoms with Gasteiger partial charge >= 0.3 is 0 Å². The van der Waals surface area contributed by atoms with E-state index in [9.17, 15) is 9.59 Å². The summed E-state index contributed by atoms with van der Waals surface area (Å²) < 4.78 is 10.9. The van der Waals surface area contributed by atoms with Gasteiger partial charge in [-0.15, -0.1) is 0 Å². The van der Waals surface area contributed by atoms with E-state index in [2.05, 4.69) is 5.10 Å². The van der Waals surface area contributed by atoms with Crippen LogP contribution in [0.2, 0.25) is 5.02 Å². The van der Waals surface area contributed by atoms with Crippen molar-refractivity contribution in [1.82, 2.24) is 5.01 Å². The Morgan fingerprint density at radius 1 is 1.09 bits per heavy atom. The van der Waals surface area contributed by atoms with Crippen LogP contribution in [-0.2, 0) is 4.79 Å². The SMILES string of the molecule is COc1ccc(C2=NN(C(=O)COc3cccc(C=O)c3)C(c3ccc(Cl)cc3)C2)cc1. The second-order valence-electron chi connectivity index (χ2n) is 7.26.